The van der Waals surface area contributed by atoms with Gasteiger partial charge in [0, 0.05) is 16.6 Å². The molecule has 1 aliphatic rings. The Bertz CT molecular complexity index is 434. The molecule has 0 aromatic heterocycles. The smallest absolute Gasteiger partial charge is 0.237 e. The van der Waals surface area contributed by atoms with Crippen LogP contribution in [0.1, 0.15) is 18.4 Å². The van der Waals surface area contributed by atoms with Crippen LogP contribution in [-0.2, 0) is 11.2 Å². The molecule has 2 rings (SSSR count). The average molecular weight is 324 g/mol. The van der Waals surface area contributed by atoms with Gasteiger partial charge in [0.05, 0.1) is 6.04 Å². The van der Waals surface area contributed by atoms with E-state index in [-0.39, 0.29) is 24.4 Å². The van der Waals surface area contributed by atoms with Gasteiger partial charge >= 0.3 is 0 Å². The summed E-state index contributed by atoms with van der Waals surface area (Å²) in [5, 5.41) is 7.37. The van der Waals surface area contributed by atoms with Crippen LogP contribution in [0.4, 0.5) is 0 Å². The molecule has 1 heterocycles. The number of amides is 1. The minimum atomic E-state index is -0.0225. The molecule has 19 heavy (non-hydrogen) atoms. The van der Waals surface area contributed by atoms with E-state index in [1.807, 2.05) is 12.1 Å². The van der Waals surface area contributed by atoms with Gasteiger partial charge in [-0.2, -0.15) is 0 Å². The molecule has 6 heteroatoms. The molecule has 1 amide bonds. The van der Waals surface area contributed by atoms with Gasteiger partial charge in [-0.3, -0.25) is 4.79 Å². The zero-order chi connectivity index (χ0) is 13.0. The van der Waals surface area contributed by atoms with E-state index in [1.54, 1.807) is 6.07 Å². The SMILES string of the molecule is Cl.O=C(NCCc1ccc(Cl)cc1Cl)[C@@H]1CCCN1. The highest BCUT2D eigenvalue weighted by molar-refractivity contribution is 6.35. The zero-order valence-corrected chi connectivity index (χ0v) is 12.7. The molecular formula is C13H17Cl3N2O. The number of rotatable bonds is 4. The van der Waals surface area contributed by atoms with Crippen molar-refractivity contribution in [2.75, 3.05) is 13.1 Å². The van der Waals surface area contributed by atoms with Gasteiger partial charge in [0.2, 0.25) is 5.91 Å². The third-order valence-corrected chi connectivity index (χ3v) is 3.67. The van der Waals surface area contributed by atoms with Gasteiger partial charge in [0.15, 0.2) is 0 Å². The first-order chi connectivity index (χ1) is 8.66. The summed E-state index contributed by atoms with van der Waals surface area (Å²) in [6.45, 7) is 1.53. The molecule has 0 unspecified atom stereocenters. The van der Waals surface area contributed by atoms with E-state index >= 15 is 0 Å². The molecule has 3 nitrogen and oxygen atoms in total. The lowest BCUT2D eigenvalue weighted by Crippen LogP contribution is -2.41. The molecule has 0 saturated carbocycles. The van der Waals surface area contributed by atoms with E-state index < -0.39 is 0 Å². The maximum absolute atomic E-state index is 11.7. The molecule has 0 spiro atoms. The van der Waals surface area contributed by atoms with Crippen LogP contribution in [0.25, 0.3) is 0 Å². The van der Waals surface area contributed by atoms with Crippen LogP contribution in [0.15, 0.2) is 18.2 Å². The van der Waals surface area contributed by atoms with E-state index in [0.717, 1.165) is 24.9 Å². The lowest BCUT2D eigenvalue weighted by atomic mass is 10.1. The molecule has 0 aliphatic carbocycles. The maximum atomic E-state index is 11.7. The highest BCUT2D eigenvalue weighted by atomic mass is 35.5. The van der Waals surface area contributed by atoms with Crippen LogP contribution in [0, 0.1) is 0 Å². The Morgan fingerprint density at radius 2 is 2.21 bits per heavy atom. The Morgan fingerprint density at radius 1 is 1.42 bits per heavy atom. The second-order valence-electron chi connectivity index (χ2n) is 4.43. The van der Waals surface area contributed by atoms with Crippen LogP contribution >= 0.6 is 35.6 Å². The van der Waals surface area contributed by atoms with Crippen molar-refractivity contribution < 1.29 is 4.79 Å². The van der Waals surface area contributed by atoms with Crippen molar-refractivity contribution in [2.24, 2.45) is 0 Å². The van der Waals surface area contributed by atoms with Crippen molar-refractivity contribution in [1.82, 2.24) is 10.6 Å². The number of hydrogen-bond acceptors (Lipinski definition) is 2. The Kier molecular flexibility index (Phi) is 6.94. The minimum Gasteiger partial charge on any atom is -0.354 e. The van der Waals surface area contributed by atoms with Gasteiger partial charge in [-0.15, -0.1) is 12.4 Å². The lowest BCUT2D eigenvalue weighted by Gasteiger charge is -2.11. The van der Waals surface area contributed by atoms with E-state index in [0.29, 0.717) is 23.0 Å². The summed E-state index contributed by atoms with van der Waals surface area (Å²) in [7, 11) is 0. The molecule has 1 aliphatic heterocycles. The summed E-state index contributed by atoms with van der Waals surface area (Å²) in [6.07, 6.45) is 2.71. The predicted octanol–water partition coefficient (Wildman–Crippen LogP) is 2.83. The van der Waals surface area contributed by atoms with E-state index in [4.69, 9.17) is 23.2 Å². The quantitative estimate of drug-likeness (QED) is 0.894. The minimum absolute atomic E-state index is 0. The number of carbonyl (C=O) groups is 1. The number of nitrogens with one attached hydrogen (secondary N) is 2. The molecule has 1 aromatic rings. The second-order valence-corrected chi connectivity index (χ2v) is 5.27. The fourth-order valence-corrected chi connectivity index (χ4v) is 2.58. The van der Waals surface area contributed by atoms with Crippen molar-refractivity contribution in [1.29, 1.82) is 0 Å². The van der Waals surface area contributed by atoms with Crippen molar-refractivity contribution in [3.05, 3.63) is 33.8 Å². The summed E-state index contributed by atoms with van der Waals surface area (Å²) in [5.41, 5.74) is 1.00. The summed E-state index contributed by atoms with van der Waals surface area (Å²) in [4.78, 5) is 11.7. The third-order valence-electron chi connectivity index (χ3n) is 3.09. The fourth-order valence-electron chi connectivity index (χ4n) is 2.08. The second kappa shape index (κ2) is 7.95. The van der Waals surface area contributed by atoms with Crippen molar-refractivity contribution >= 4 is 41.5 Å². The maximum Gasteiger partial charge on any atom is 0.237 e. The first-order valence-electron chi connectivity index (χ1n) is 6.12. The topological polar surface area (TPSA) is 41.1 Å². The van der Waals surface area contributed by atoms with Crippen LogP contribution in [0.5, 0.6) is 0 Å². The average Bonchev–Trinajstić information content (AvgIpc) is 2.85. The monoisotopic (exact) mass is 322 g/mol. The zero-order valence-electron chi connectivity index (χ0n) is 10.4. The standard InChI is InChI=1S/C13H16Cl2N2O.ClH/c14-10-4-3-9(11(15)8-10)5-7-17-13(18)12-2-1-6-16-12;/h3-4,8,12,16H,1-2,5-7H2,(H,17,18);1H/t12-;/m0./s1. The van der Waals surface area contributed by atoms with Gasteiger partial charge in [-0.25, -0.2) is 0 Å². The molecule has 1 atom stereocenters. The fraction of sp³-hybridized carbons (Fsp3) is 0.462. The van der Waals surface area contributed by atoms with E-state index in [9.17, 15) is 4.79 Å². The molecule has 2 N–H and O–H groups in total. The summed E-state index contributed by atoms with van der Waals surface area (Å²) < 4.78 is 0. The van der Waals surface area contributed by atoms with Crippen LogP contribution in [-0.4, -0.2) is 25.0 Å². The molecule has 106 valence electrons. The van der Waals surface area contributed by atoms with Gasteiger partial charge in [-0.1, -0.05) is 29.3 Å². The Hall–Kier alpha value is -0.480. The van der Waals surface area contributed by atoms with Crippen LogP contribution in [0.3, 0.4) is 0 Å². The predicted molar refractivity (Wildman–Crippen MR) is 81.4 cm³/mol. The first-order valence-corrected chi connectivity index (χ1v) is 6.87. The summed E-state index contributed by atoms with van der Waals surface area (Å²) in [6, 6.07) is 5.40. The lowest BCUT2D eigenvalue weighted by molar-refractivity contribution is -0.122. The van der Waals surface area contributed by atoms with Crippen molar-refractivity contribution in [3.8, 4) is 0 Å². The highest BCUT2D eigenvalue weighted by Gasteiger charge is 2.21. The Morgan fingerprint density at radius 3 is 2.84 bits per heavy atom. The Labute approximate surface area is 129 Å². The molecule has 0 radical (unpaired) electrons. The number of halogens is 3. The van der Waals surface area contributed by atoms with Crippen LogP contribution < -0.4 is 10.6 Å². The molecule has 1 aromatic carbocycles. The molecule has 1 saturated heterocycles. The van der Waals surface area contributed by atoms with E-state index in [1.165, 1.54) is 0 Å². The number of benzene rings is 1. The molecular weight excluding hydrogens is 307 g/mol. The van der Waals surface area contributed by atoms with Crippen molar-refractivity contribution in [3.63, 3.8) is 0 Å². The van der Waals surface area contributed by atoms with Gasteiger partial charge < -0.3 is 10.6 Å². The number of carbonyl (C=O) groups excluding carboxylic acids is 1. The van der Waals surface area contributed by atoms with Gasteiger partial charge in [-0.05, 0) is 43.5 Å². The molecule has 1 fully saturated rings. The number of hydrogen-bond donors (Lipinski definition) is 2. The van der Waals surface area contributed by atoms with E-state index in [2.05, 4.69) is 10.6 Å². The van der Waals surface area contributed by atoms with Gasteiger partial charge in [0.1, 0.15) is 0 Å². The summed E-state index contributed by atoms with van der Waals surface area (Å²) >= 11 is 11.9. The third kappa shape index (κ3) is 4.84. The summed E-state index contributed by atoms with van der Waals surface area (Å²) in [5.74, 6) is 0.0811. The van der Waals surface area contributed by atoms with Crippen LogP contribution in [0.2, 0.25) is 10.0 Å². The largest absolute Gasteiger partial charge is 0.354 e. The first kappa shape index (κ1) is 16.6. The van der Waals surface area contributed by atoms with Gasteiger partial charge in [0.25, 0.3) is 0 Å². The molecule has 0 bridgehead atoms. The Balaban J connectivity index is 0.00000180. The highest BCUT2D eigenvalue weighted by Crippen LogP contribution is 2.21. The normalized spacial score (nSPS) is 17.9. The van der Waals surface area contributed by atoms with Crippen molar-refractivity contribution in [2.45, 2.75) is 25.3 Å².